The fraction of sp³-hybridized carbons (Fsp3) is 0.421. The largest absolute Gasteiger partial charge is 0.481 e. The van der Waals surface area contributed by atoms with Crippen LogP contribution in [0, 0.1) is 11.8 Å². The van der Waals surface area contributed by atoms with Crippen LogP contribution in [-0.4, -0.2) is 45.8 Å². The molecule has 1 fully saturated rings. The molecule has 0 aromatic heterocycles. The van der Waals surface area contributed by atoms with Crippen molar-refractivity contribution in [2.24, 2.45) is 11.8 Å². The van der Waals surface area contributed by atoms with Gasteiger partial charge in [0, 0.05) is 26.2 Å². The Labute approximate surface area is 146 Å². The van der Waals surface area contributed by atoms with Crippen molar-refractivity contribution < 1.29 is 19.5 Å². The third-order valence-corrected chi connectivity index (χ3v) is 5.12. The van der Waals surface area contributed by atoms with Crippen LogP contribution in [0.2, 0.25) is 0 Å². The van der Waals surface area contributed by atoms with Crippen molar-refractivity contribution in [2.75, 3.05) is 13.1 Å². The maximum absolute atomic E-state index is 12.8. The lowest BCUT2D eigenvalue weighted by Crippen LogP contribution is -2.37. The zero-order valence-corrected chi connectivity index (χ0v) is 14.4. The quantitative estimate of drug-likeness (QED) is 0.913. The van der Waals surface area contributed by atoms with Gasteiger partial charge in [0.25, 0.3) is 0 Å². The Morgan fingerprint density at radius 2 is 1.92 bits per heavy atom. The van der Waals surface area contributed by atoms with Gasteiger partial charge in [0.1, 0.15) is 0 Å². The molecule has 0 radical (unpaired) electrons. The van der Waals surface area contributed by atoms with E-state index in [1.807, 2.05) is 37.3 Å². The van der Waals surface area contributed by atoms with Crippen LogP contribution in [0.15, 0.2) is 30.5 Å². The van der Waals surface area contributed by atoms with Crippen LogP contribution < -0.4 is 0 Å². The van der Waals surface area contributed by atoms with E-state index in [2.05, 4.69) is 0 Å². The van der Waals surface area contributed by atoms with Crippen LogP contribution >= 0.6 is 0 Å². The number of fused-ring (bicyclic) bond motifs is 1. The maximum Gasteiger partial charge on any atom is 0.308 e. The summed E-state index contributed by atoms with van der Waals surface area (Å²) < 4.78 is 0. The lowest BCUT2D eigenvalue weighted by atomic mass is 9.93. The van der Waals surface area contributed by atoms with E-state index in [1.54, 1.807) is 16.0 Å². The maximum atomic E-state index is 12.8. The molecule has 6 nitrogen and oxygen atoms in total. The molecule has 0 spiro atoms. The van der Waals surface area contributed by atoms with E-state index in [0.717, 1.165) is 11.1 Å². The Kier molecular flexibility index (Phi) is 4.61. The predicted molar refractivity (Wildman–Crippen MR) is 92.2 cm³/mol. The zero-order chi connectivity index (χ0) is 18.1. The summed E-state index contributed by atoms with van der Waals surface area (Å²) in [4.78, 5) is 39.2. The molecule has 2 amide bonds. The van der Waals surface area contributed by atoms with E-state index >= 15 is 0 Å². The molecule has 3 rings (SSSR count). The second kappa shape index (κ2) is 6.70. The summed E-state index contributed by atoms with van der Waals surface area (Å²) in [6, 6.07) is 7.35. The number of aliphatic carboxylic acids is 1. The number of likely N-dealkylation sites (tertiary alicyclic amines) is 1. The van der Waals surface area contributed by atoms with Crippen LogP contribution in [0.1, 0.15) is 37.4 Å². The van der Waals surface area contributed by atoms with Crippen LogP contribution in [0.3, 0.4) is 0 Å². The molecule has 0 bridgehead atoms. The van der Waals surface area contributed by atoms with E-state index in [-0.39, 0.29) is 36.7 Å². The number of hydrogen-bond acceptors (Lipinski definition) is 3. The number of nitrogens with zero attached hydrogens (tertiary/aromatic N) is 2. The summed E-state index contributed by atoms with van der Waals surface area (Å²) in [5, 5.41) is 9.25. The zero-order valence-electron chi connectivity index (χ0n) is 14.4. The predicted octanol–water partition coefficient (Wildman–Crippen LogP) is 2.13. The number of carboxylic acid groups (broad SMARTS) is 1. The SMILES string of the molecule is CC(=O)N1C=Cc2ccccc2C1CC(=O)N1C[C@@H](C)[C@H](C(=O)O)C1. The van der Waals surface area contributed by atoms with Crippen molar-refractivity contribution >= 4 is 23.9 Å². The number of benzene rings is 1. The molecule has 1 N–H and O–H groups in total. The molecule has 1 aromatic carbocycles. The number of rotatable bonds is 3. The minimum absolute atomic E-state index is 0.0658. The second-order valence-electron chi connectivity index (χ2n) is 6.81. The van der Waals surface area contributed by atoms with E-state index in [9.17, 15) is 19.5 Å². The summed E-state index contributed by atoms with van der Waals surface area (Å²) in [6.07, 6.45) is 3.74. The van der Waals surface area contributed by atoms with E-state index in [4.69, 9.17) is 0 Å². The molecule has 3 atom stereocenters. The van der Waals surface area contributed by atoms with Crippen molar-refractivity contribution in [1.29, 1.82) is 0 Å². The van der Waals surface area contributed by atoms with Gasteiger partial charge in [-0.1, -0.05) is 31.2 Å². The molecule has 25 heavy (non-hydrogen) atoms. The molecule has 2 aliphatic rings. The van der Waals surface area contributed by atoms with Crippen LogP contribution in [0.25, 0.3) is 6.08 Å². The summed E-state index contributed by atoms with van der Waals surface area (Å²) in [6.45, 7) is 4.01. The number of carbonyl (C=O) groups is 3. The summed E-state index contributed by atoms with van der Waals surface area (Å²) in [5.41, 5.74) is 1.94. The molecular weight excluding hydrogens is 320 g/mol. The highest BCUT2D eigenvalue weighted by molar-refractivity contribution is 5.83. The molecule has 2 heterocycles. The van der Waals surface area contributed by atoms with Gasteiger partial charge in [-0.15, -0.1) is 0 Å². The highest BCUT2D eigenvalue weighted by Gasteiger charge is 2.38. The smallest absolute Gasteiger partial charge is 0.308 e. The number of carbonyl (C=O) groups excluding carboxylic acids is 2. The van der Waals surface area contributed by atoms with Gasteiger partial charge in [-0.3, -0.25) is 14.4 Å². The molecule has 1 saturated heterocycles. The Bertz CT molecular complexity index is 743. The monoisotopic (exact) mass is 342 g/mol. The number of amides is 2. The summed E-state index contributed by atoms with van der Waals surface area (Å²) in [7, 11) is 0. The average molecular weight is 342 g/mol. The van der Waals surface area contributed by atoms with Gasteiger partial charge in [0.2, 0.25) is 11.8 Å². The van der Waals surface area contributed by atoms with Crippen molar-refractivity contribution in [3.8, 4) is 0 Å². The first-order valence-electron chi connectivity index (χ1n) is 8.45. The first-order valence-corrected chi connectivity index (χ1v) is 8.45. The lowest BCUT2D eigenvalue weighted by Gasteiger charge is -2.33. The molecule has 1 unspecified atom stereocenters. The minimum Gasteiger partial charge on any atom is -0.481 e. The molecule has 6 heteroatoms. The highest BCUT2D eigenvalue weighted by Crippen LogP contribution is 2.34. The Hall–Kier alpha value is -2.63. The van der Waals surface area contributed by atoms with Crippen LogP contribution in [0.5, 0.6) is 0 Å². The van der Waals surface area contributed by atoms with E-state index in [0.29, 0.717) is 6.54 Å². The topological polar surface area (TPSA) is 77.9 Å². The molecule has 132 valence electrons. The van der Waals surface area contributed by atoms with Gasteiger partial charge in [0.05, 0.1) is 18.4 Å². The third-order valence-electron chi connectivity index (χ3n) is 5.12. The van der Waals surface area contributed by atoms with Crippen molar-refractivity contribution in [3.63, 3.8) is 0 Å². The Morgan fingerprint density at radius 1 is 1.20 bits per heavy atom. The van der Waals surface area contributed by atoms with Gasteiger partial charge in [0.15, 0.2) is 0 Å². The van der Waals surface area contributed by atoms with Gasteiger partial charge >= 0.3 is 5.97 Å². The van der Waals surface area contributed by atoms with Crippen LogP contribution in [0.4, 0.5) is 0 Å². The van der Waals surface area contributed by atoms with Crippen LogP contribution in [-0.2, 0) is 14.4 Å². The standard InChI is InChI=1S/C19H22N2O4/c1-12-10-20(11-16(12)19(24)25)18(23)9-17-15-6-4-3-5-14(15)7-8-21(17)13(2)22/h3-8,12,16-17H,9-11H2,1-2H3,(H,24,25)/t12-,16-,17?/m1/s1. The molecular formula is C19H22N2O4. The molecule has 1 aromatic rings. The van der Waals surface area contributed by atoms with Gasteiger partial charge in [-0.05, 0) is 23.1 Å². The fourth-order valence-electron chi connectivity index (χ4n) is 3.70. The van der Waals surface area contributed by atoms with E-state index in [1.165, 1.54) is 6.92 Å². The summed E-state index contributed by atoms with van der Waals surface area (Å²) in [5.74, 6) is -1.69. The molecule has 0 aliphatic carbocycles. The van der Waals surface area contributed by atoms with Crippen molar-refractivity contribution in [2.45, 2.75) is 26.3 Å². The lowest BCUT2D eigenvalue weighted by molar-refractivity contribution is -0.142. The summed E-state index contributed by atoms with van der Waals surface area (Å²) >= 11 is 0. The average Bonchev–Trinajstić information content (AvgIpc) is 2.97. The van der Waals surface area contributed by atoms with Crippen molar-refractivity contribution in [3.05, 3.63) is 41.6 Å². The molecule has 0 saturated carbocycles. The Morgan fingerprint density at radius 3 is 2.56 bits per heavy atom. The molecule has 2 aliphatic heterocycles. The number of carboxylic acids is 1. The minimum atomic E-state index is -0.862. The van der Waals surface area contributed by atoms with Gasteiger partial charge < -0.3 is 14.9 Å². The first-order chi connectivity index (χ1) is 11.9. The van der Waals surface area contributed by atoms with E-state index < -0.39 is 11.9 Å². The Balaban J connectivity index is 1.80. The second-order valence-corrected chi connectivity index (χ2v) is 6.81. The normalized spacial score (nSPS) is 25.0. The third kappa shape index (κ3) is 3.29. The number of hydrogen-bond donors (Lipinski definition) is 1. The highest BCUT2D eigenvalue weighted by atomic mass is 16.4. The van der Waals surface area contributed by atoms with Crippen molar-refractivity contribution in [1.82, 2.24) is 9.80 Å². The fourth-order valence-corrected chi connectivity index (χ4v) is 3.70. The van der Waals surface area contributed by atoms with Gasteiger partial charge in [-0.25, -0.2) is 0 Å². The van der Waals surface area contributed by atoms with Gasteiger partial charge in [-0.2, -0.15) is 0 Å². The first kappa shape index (κ1) is 17.2.